The van der Waals surface area contributed by atoms with E-state index in [1.165, 1.54) is 6.07 Å². The number of hydrogen-bond donors (Lipinski definition) is 1. The average Bonchev–Trinajstić information content (AvgIpc) is 2.50. The molecule has 1 aliphatic heterocycles. The summed E-state index contributed by atoms with van der Waals surface area (Å²) in [6.45, 7) is 5.55. The lowest BCUT2D eigenvalue weighted by Gasteiger charge is -2.33. The Labute approximate surface area is 129 Å². The quantitative estimate of drug-likeness (QED) is 0.927. The molecule has 0 aliphatic carbocycles. The van der Waals surface area contributed by atoms with Crippen LogP contribution in [-0.2, 0) is 4.74 Å². The van der Waals surface area contributed by atoms with Crippen LogP contribution in [0.4, 0.5) is 13.6 Å². The van der Waals surface area contributed by atoms with Gasteiger partial charge in [0.2, 0.25) is 0 Å². The predicted octanol–water partition coefficient (Wildman–Crippen LogP) is 3.24. The van der Waals surface area contributed by atoms with Gasteiger partial charge in [0.05, 0.1) is 12.1 Å². The molecule has 0 saturated carbocycles. The van der Waals surface area contributed by atoms with Gasteiger partial charge in [-0.3, -0.25) is 0 Å². The van der Waals surface area contributed by atoms with E-state index in [2.05, 4.69) is 5.32 Å². The van der Waals surface area contributed by atoms with Gasteiger partial charge < -0.3 is 15.0 Å². The second kappa shape index (κ2) is 7.54. The molecule has 1 aliphatic rings. The zero-order valence-corrected chi connectivity index (χ0v) is 12.9. The third-order valence-electron chi connectivity index (χ3n) is 3.85. The lowest BCUT2D eigenvalue weighted by Crippen LogP contribution is -2.48. The summed E-state index contributed by atoms with van der Waals surface area (Å²) >= 11 is 0. The van der Waals surface area contributed by atoms with Gasteiger partial charge in [0.1, 0.15) is 0 Å². The molecular weight excluding hydrogens is 290 g/mol. The van der Waals surface area contributed by atoms with Crippen molar-refractivity contribution in [3.63, 3.8) is 0 Å². The van der Waals surface area contributed by atoms with Gasteiger partial charge in [0, 0.05) is 19.7 Å². The summed E-state index contributed by atoms with van der Waals surface area (Å²) in [4.78, 5) is 14.0. The molecule has 6 heteroatoms. The Balaban J connectivity index is 1.94. The van der Waals surface area contributed by atoms with Crippen molar-refractivity contribution >= 4 is 6.03 Å². The monoisotopic (exact) mass is 312 g/mol. The van der Waals surface area contributed by atoms with Gasteiger partial charge >= 0.3 is 6.03 Å². The molecule has 4 nitrogen and oxygen atoms in total. The lowest BCUT2D eigenvalue weighted by molar-refractivity contribution is 0.0162. The Kier molecular flexibility index (Phi) is 5.71. The van der Waals surface area contributed by atoms with Gasteiger partial charge in [0.15, 0.2) is 11.6 Å². The molecule has 0 spiro atoms. The van der Waals surface area contributed by atoms with Crippen LogP contribution in [0.1, 0.15) is 38.3 Å². The maximum absolute atomic E-state index is 13.3. The number of carbonyl (C=O) groups is 1. The van der Waals surface area contributed by atoms with Crippen LogP contribution in [0.3, 0.4) is 0 Å². The van der Waals surface area contributed by atoms with Crippen LogP contribution in [-0.4, -0.2) is 36.7 Å². The summed E-state index contributed by atoms with van der Waals surface area (Å²) in [6.07, 6.45) is 1.93. The van der Waals surface area contributed by atoms with Crippen molar-refractivity contribution in [2.45, 2.75) is 38.8 Å². The number of carbonyl (C=O) groups excluding carboxylic acids is 1. The molecule has 1 aromatic rings. The van der Waals surface area contributed by atoms with Crippen molar-refractivity contribution in [1.82, 2.24) is 10.2 Å². The summed E-state index contributed by atoms with van der Waals surface area (Å²) in [5.41, 5.74) is 0.533. The first kappa shape index (κ1) is 16.7. The standard InChI is InChI=1S/C16H22F2N2O2/c1-3-22-13-5-4-8-20(10-13)16(21)19-11(2)12-6-7-14(17)15(18)9-12/h6-7,9,11,13H,3-5,8,10H2,1-2H3,(H,19,21)/t11-,13-/m0/s1. The maximum atomic E-state index is 13.3. The van der Waals surface area contributed by atoms with Crippen molar-refractivity contribution in [3.8, 4) is 0 Å². The minimum atomic E-state index is -0.909. The van der Waals surface area contributed by atoms with Gasteiger partial charge in [-0.25, -0.2) is 13.6 Å². The van der Waals surface area contributed by atoms with E-state index in [0.717, 1.165) is 25.0 Å². The van der Waals surface area contributed by atoms with Crippen molar-refractivity contribution in [2.75, 3.05) is 19.7 Å². The highest BCUT2D eigenvalue weighted by Crippen LogP contribution is 2.18. The van der Waals surface area contributed by atoms with Crippen LogP contribution in [0, 0.1) is 11.6 Å². The number of amides is 2. The number of ether oxygens (including phenoxy) is 1. The summed E-state index contributed by atoms with van der Waals surface area (Å²) in [5, 5.41) is 2.82. The fourth-order valence-corrected chi connectivity index (χ4v) is 2.64. The van der Waals surface area contributed by atoms with Gasteiger partial charge in [-0.2, -0.15) is 0 Å². The Hall–Kier alpha value is -1.69. The van der Waals surface area contributed by atoms with E-state index in [1.807, 2.05) is 6.92 Å². The van der Waals surface area contributed by atoms with E-state index in [1.54, 1.807) is 11.8 Å². The third-order valence-corrected chi connectivity index (χ3v) is 3.85. The maximum Gasteiger partial charge on any atom is 0.317 e. The number of likely N-dealkylation sites (tertiary alicyclic amines) is 1. The molecule has 22 heavy (non-hydrogen) atoms. The molecule has 1 aromatic carbocycles. The number of urea groups is 1. The van der Waals surface area contributed by atoms with E-state index < -0.39 is 17.7 Å². The number of rotatable bonds is 4. The average molecular weight is 312 g/mol. The van der Waals surface area contributed by atoms with Gasteiger partial charge in [-0.05, 0) is 44.4 Å². The van der Waals surface area contributed by atoms with Crippen molar-refractivity contribution < 1.29 is 18.3 Å². The summed E-state index contributed by atoms with van der Waals surface area (Å²) in [7, 11) is 0. The zero-order chi connectivity index (χ0) is 16.1. The van der Waals surface area contributed by atoms with Crippen LogP contribution in [0.5, 0.6) is 0 Å². The fourth-order valence-electron chi connectivity index (χ4n) is 2.64. The second-order valence-corrected chi connectivity index (χ2v) is 5.51. The molecule has 2 rings (SSSR count). The Morgan fingerprint density at radius 2 is 2.23 bits per heavy atom. The minimum Gasteiger partial charge on any atom is -0.377 e. The van der Waals surface area contributed by atoms with Gasteiger partial charge in [-0.1, -0.05) is 6.07 Å². The number of halogens is 2. The van der Waals surface area contributed by atoms with Crippen molar-refractivity contribution in [2.24, 2.45) is 0 Å². The summed E-state index contributed by atoms with van der Waals surface area (Å²) in [6, 6.07) is 3.05. The van der Waals surface area contributed by atoms with Crippen LogP contribution < -0.4 is 5.32 Å². The molecule has 0 bridgehead atoms. The van der Waals surface area contributed by atoms with E-state index in [-0.39, 0.29) is 12.1 Å². The molecule has 2 amide bonds. The minimum absolute atomic E-state index is 0.0723. The van der Waals surface area contributed by atoms with Crippen LogP contribution in [0.2, 0.25) is 0 Å². The summed E-state index contributed by atoms with van der Waals surface area (Å²) < 4.78 is 31.8. The van der Waals surface area contributed by atoms with Gasteiger partial charge in [-0.15, -0.1) is 0 Å². The first-order valence-corrected chi connectivity index (χ1v) is 7.63. The number of nitrogens with zero attached hydrogens (tertiary/aromatic N) is 1. The normalized spacial score (nSPS) is 19.8. The molecular formula is C16H22F2N2O2. The Bertz CT molecular complexity index is 523. The molecule has 0 unspecified atom stereocenters. The van der Waals surface area contributed by atoms with Crippen molar-refractivity contribution in [1.29, 1.82) is 0 Å². The largest absolute Gasteiger partial charge is 0.377 e. The third kappa shape index (κ3) is 4.16. The smallest absolute Gasteiger partial charge is 0.317 e. The fraction of sp³-hybridized carbons (Fsp3) is 0.562. The highest BCUT2D eigenvalue weighted by atomic mass is 19.2. The zero-order valence-electron chi connectivity index (χ0n) is 12.9. The van der Waals surface area contributed by atoms with Gasteiger partial charge in [0.25, 0.3) is 0 Å². The molecule has 0 radical (unpaired) electrons. The van der Waals surface area contributed by atoms with E-state index in [0.29, 0.717) is 25.3 Å². The predicted molar refractivity (Wildman–Crippen MR) is 79.5 cm³/mol. The van der Waals surface area contributed by atoms with E-state index in [4.69, 9.17) is 4.74 Å². The number of nitrogens with one attached hydrogen (secondary N) is 1. The first-order valence-electron chi connectivity index (χ1n) is 7.63. The molecule has 1 saturated heterocycles. The Morgan fingerprint density at radius 3 is 2.91 bits per heavy atom. The lowest BCUT2D eigenvalue weighted by atomic mass is 10.1. The molecule has 1 heterocycles. The van der Waals surface area contributed by atoms with Crippen molar-refractivity contribution in [3.05, 3.63) is 35.4 Å². The Morgan fingerprint density at radius 1 is 1.45 bits per heavy atom. The molecule has 0 aromatic heterocycles. The van der Waals surface area contributed by atoms with E-state index in [9.17, 15) is 13.6 Å². The molecule has 1 N–H and O–H groups in total. The summed E-state index contributed by atoms with van der Waals surface area (Å²) in [5.74, 6) is -1.80. The van der Waals surface area contributed by atoms with Crippen LogP contribution >= 0.6 is 0 Å². The second-order valence-electron chi connectivity index (χ2n) is 5.51. The number of benzene rings is 1. The molecule has 2 atom stereocenters. The molecule has 122 valence electrons. The first-order chi connectivity index (χ1) is 10.5. The number of hydrogen-bond acceptors (Lipinski definition) is 2. The highest BCUT2D eigenvalue weighted by molar-refractivity contribution is 5.74. The van der Waals surface area contributed by atoms with E-state index >= 15 is 0 Å². The number of piperidine rings is 1. The highest BCUT2D eigenvalue weighted by Gasteiger charge is 2.25. The van der Waals surface area contributed by atoms with Crippen LogP contribution in [0.15, 0.2) is 18.2 Å². The van der Waals surface area contributed by atoms with Crippen LogP contribution in [0.25, 0.3) is 0 Å². The molecule has 1 fully saturated rings. The SMILES string of the molecule is CCO[C@H]1CCCN(C(=O)N[C@@H](C)c2ccc(F)c(F)c2)C1. The topological polar surface area (TPSA) is 41.6 Å².